The van der Waals surface area contributed by atoms with Gasteiger partial charge in [0.15, 0.2) is 0 Å². The number of nitrogen functional groups attached to an aromatic ring is 1. The Morgan fingerprint density at radius 2 is 2.06 bits per heavy atom. The highest BCUT2D eigenvalue weighted by Gasteiger charge is 2.08. The van der Waals surface area contributed by atoms with E-state index in [2.05, 4.69) is 19.2 Å². The summed E-state index contributed by atoms with van der Waals surface area (Å²) in [7, 11) is 0. The van der Waals surface area contributed by atoms with Gasteiger partial charge in [0, 0.05) is 17.8 Å². The molecule has 0 unspecified atom stereocenters. The van der Waals surface area contributed by atoms with Gasteiger partial charge < -0.3 is 11.1 Å². The first-order chi connectivity index (χ1) is 8.50. The lowest BCUT2D eigenvalue weighted by Crippen LogP contribution is -2.25. The summed E-state index contributed by atoms with van der Waals surface area (Å²) in [6.45, 7) is 7.09. The second kappa shape index (κ2) is 7.04. The second-order valence-corrected chi connectivity index (χ2v) is 5.22. The lowest BCUT2D eigenvalue weighted by molar-refractivity contribution is 0.0952. The highest BCUT2D eigenvalue weighted by atomic mass is 16.1. The minimum atomic E-state index is -0.0238. The van der Waals surface area contributed by atoms with Crippen LogP contribution in [0.1, 0.15) is 49.0 Å². The van der Waals surface area contributed by atoms with E-state index < -0.39 is 0 Å². The molecule has 0 aliphatic heterocycles. The molecule has 0 spiro atoms. The fourth-order valence-electron chi connectivity index (χ4n) is 1.86. The summed E-state index contributed by atoms with van der Waals surface area (Å²) in [5, 5.41) is 2.95. The minimum absolute atomic E-state index is 0.0238. The molecule has 0 bridgehead atoms. The number of amides is 1. The third kappa shape index (κ3) is 4.78. The Bertz CT molecular complexity index is 399. The highest BCUT2D eigenvalue weighted by Crippen LogP contribution is 2.12. The lowest BCUT2D eigenvalue weighted by atomic mass is 10.1. The Morgan fingerprint density at radius 3 is 2.72 bits per heavy atom. The van der Waals surface area contributed by atoms with Crippen molar-refractivity contribution in [3.8, 4) is 0 Å². The number of unbranched alkanes of at least 4 members (excludes halogenated alkanes) is 1. The minimum Gasteiger partial charge on any atom is -0.399 e. The Hall–Kier alpha value is -1.51. The van der Waals surface area contributed by atoms with E-state index >= 15 is 0 Å². The van der Waals surface area contributed by atoms with Gasteiger partial charge in [0.2, 0.25) is 0 Å². The zero-order valence-electron chi connectivity index (χ0n) is 11.6. The molecule has 0 saturated carbocycles. The standard InChI is InChI=1S/C15H24N2O/c1-11(2)6-4-5-9-17-15(18)14-10-13(16)8-7-12(14)3/h7-8,10-11H,4-6,9,16H2,1-3H3,(H,17,18). The predicted octanol–water partition coefficient (Wildman–Crippen LogP) is 3.13. The van der Waals surface area contributed by atoms with E-state index in [4.69, 9.17) is 5.73 Å². The summed E-state index contributed by atoms with van der Waals surface area (Å²) in [6, 6.07) is 5.43. The van der Waals surface area contributed by atoms with E-state index in [0.29, 0.717) is 11.3 Å². The summed E-state index contributed by atoms with van der Waals surface area (Å²) in [5.74, 6) is 0.709. The Morgan fingerprint density at radius 1 is 1.33 bits per heavy atom. The van der Waals surface area contributed by atoms with Crippen LogP contribution < -0.4 is 11.1 Å². The summed E-state index contributed by atoms with van der Waals surface area (Å²) >= 11 is 0. The summed E-state index contributed by atoms with van der Waals surface area (Å²) in [4.78, 5) is 11.9. The van der Waals surface area contributed by atoms with Crippen molar-refractivity contribution in [1.29, 1.82) is 0 Å². The molecule has 1 amide bonds. The Kier molecular flexibility index (Phi) is 5.69. The average Bonchev–Trinajstić information content (AvgIpc) is 2.31. The number of nitrogens with two attached hydrogens (primary N) is 1. The van der Waals surface area contributed by atoms with Gasteiger partial charge in [0.05, 0.1) is 0 Å². The first-order valence-corrected chi connectivity index (χ1v) is 6.65. The van der Waals surface area contributed by atoms with E-state index in [1.165, 1.54) is 6.42 Å². The van der Waals surface area contributed by atoms with E-state index in [9.17, 15) is 4.79 Å². The van der Waals surface area contributed by atoms with Gasteiger partial charge in [-0.2, -0.15) is 0 Å². The Labute approximate surface area is 110 Å². The van der Waals surface area contributed by atoms with Crippen LogP contribution in [-0.4, -0.2) is 12.5 Å². The molecule has 1 aromatic rings. The molecule has 0 fully saturated rings. The SMILES string of the molecule is Cc1ccc(N)cc1C(=O)NCCCCC(C)C. The normalized spacial score (nSPS) is 10.7. The zero-order chi connectivity index (χ0) is 13.5. The van der Waals surface area contributed by atoms with Crippen molar-refractivity contribution < 1.29 is 4.79 Å². The van der Waals surface area contributed by atoms with E-state index in [1.807, 2.05) is 19.1 Å². The number of anilines is 1. The van der Waals surface area contributed by atoms with Crippen LogP contribution in [0.5, 0.6) is 0 Å². The monoisotopic (exact) mass is 248 g/mol. The molecule has 0 saturated heterocycles. The smallest absolute Gasteiger partial charge is 0.251 e. The maximum Gasteiger partial charge on any atom is 0.251 e. The molecule has 0 heterocycles. The van der Waals surface area contributed by atoms with Crippen LogP contribution >= 0.6 is 0 Å². The third-order valence-corrected chi connectivity index (χ3v) is 3.00. The van der Waals surface area contributed by atoms with Crippen molar-refractivity contribution in [3.05, 3.63) is 29.3 Å². The molecule has 0 atom stereocenters. The number of carbonyl (C=O) groups is 1. The maximum absolute atomic E-state index is 11.9. The molecular formula is C15H24N2O. The molecule has 0 aromatic heterocycles. The van der Waals surface area contributed by atoms with Crippen molar-refractivity contribution in [2.24, 2.45) is 5.92 Å². The molecule has 18 heavy (non-hydrogen) atoms. The highest BCUT2D eigenvalue weighted by molar-refractivity contribution is 5.96. The van der Waals surface area contributed by atoms with Gasteiger partial charge >= 0.3 is 0 Å². The zero-order valence-corrected chi connectivity index (χ0v) is 11.6. The number of rotatable bonds is 6. The van der Waals surface area contributed by atoms with Gasteiger partial charge in [-0.1, -0.05) is 32.8 Å². The van der Waals surface area contributed by atoms with Gasteiger partial charge in [0.1, 0.15) is 0 Å². The van der Waals surface area contributed by atoms with E-state index in [0.717, 1.165) is 30.9 Å². The average molecular weight is 248 g/mol. The summed E-state index contributed by atoms with van der Waals surface area (Å²) < 4.78 is 0. The molecule has 1 rings (SSSR count). The summed E-state index contributed by atoms with van der Waals surface area (Å²) in [5.41, 5.74) is 7.97. The van der Waals surface area contributed by atoms with Crippen molar-refractivity contribution in [2.45, 2.75) is 40.0 Å². The van der Waals surface area contributed by atoms with Crippen LogP contribution in [0.3, 0.4) is 0 Å². The fraction of sp³-hybridized carbons (Fsp3) is 0.533. The number of hydrogen-bond donors (Lipinski definition) is 2. The number of carbonyl (C=O) groups excluding carboxylic acids is 1. The van der Waals surface area contributed by atoms with Crippen molar-refractivity contribution in [2.75, 3.05) is 12.3 Å². The van der Waals surface area contributed by atoms with Crippen LogP contribution in [0.2, 0.25) is 0 Å². The second-order valence-electron chi connectivity index (χ2n) is 5.22. The summed E-state index contributed by atoms with van der Waals surface area (Å²) in [6.07, 6.45) is 3.41. The van der Waals surface area contributed by atoms with Crippen molar-refractivity contribution in [1.82, 2.24) is 5.32 Å². The first-order valence-electron chi connectivity index (χ1n) is 6.65. The number of benzene rings is 1. The largest absolute Gasteiger partial charge is 0.399 e. The number of aryl methyl sites for hydroxylation is 1. The van der Waals surface area contributed by atoms with Crippen molar-refractivity contribution in [3.63, 3.8) is 0 Å². The van der Waals surface area contributed by atoms with Crippen LogP contribution in [0.25, 0.3) is 0 Å². The van der Waals surface area contributed by atoms with Gasteiger partial charge in [0.25, 0.3) is 5.91 Å². The topological polar surface area (TPSA) is 55.1 Å². The van der Waals surface area contributed by atoms with Gasteiger partial charge in [-0.3, -0.25) is 4.79 Å². The molecule has 3 N–H and O–H groups in total. The molecule has 0 aliphatic rings. The third-order valence-electron chi connectivity index (χ3n) is 3.00. The fourth-order valence-corrected chi connectivity index (χ4v) is 1.86. The van der Waals surface area contributed by atoms with Gasteiger partial charge in [-0.15, -0.1) is 0 Å². The maximum atomic E-state index is 11.9. The molecule has 0 aliphatic carbocycles. The molecule has 0 radical (unpaired) electrons. The quantitative estimate of drug-likeness (QED) is 0.600. The number of nitrogens with one attached hydrogen (secondary N) is 1. The van der Waals surface area contributed by atoms with E-state index in [1.54, 1.807) is 6.07 Å². The molecule has 3 heteroatoms. The lowest BCUT2D eigenvalue weighted by Gasteiger charge is -2.09. The Balaban J connectivity index is 2.39. The van der Waals surface area contributed by atoms with Crippen molar-refractivity contribution >= 4 is 11.6 Å². The first kappa shape index (κ1) is 14.6. The van der Waals surface area contributed by atoms with Crippen LogP contribution in [-0.2, 0) is 0 Å². The van der Waals surface area contributed by atoms with Crippen LogP contribution in [0.4, 0.5) is 5.69 Å². The van der Waals surface area contributed by atoms with Gasteiger partial charge in [-0.25, -0.2) is 0 Å². The van der Waals surface area contributed by atoms with E-state index in [-0.39, 0.29) is 5.91 Å². The number of hydrogen-bond acceptors (Lipinski definition) is 2. The van der Waals surface area contributed by atoms with Crippen LogP contribution in [0.15, 0.2) is 18.2 Å². The predicted molar refractivity (Wildman–Crippen MR) is 76.6 cm³/mol. The van der Waals surface area contributed by atoms with Gasteiger partial charge in [-0.05, 0) is 37.0 Å². The van der Waals surface area contributed by atoms with Crippen LogP contribution in [0, 0.1) is 12.8 Å². The molecule has 1 aromatic carbocycles. The molecule has 100 valence electrons. The molecular weight excluding hydrogens is 224 g/mol. The molecule has 3 nitrogen and oxygen atoms in total.